The molecule has 0 saturated carbocycles. The first-order valence-corrected chi connectivity index (χ1v) is 9.63. The molecule has 0 saturated heterocycles. The molecule has 10 heteroatoms. The van der Waals surface area contributed by atoms with Crippen molar-refractivity contribution < 1.29 is 19.5 Å². The Labute approximate surface area is 182 Å². The Morgan fingerprint density at radius 1 is 1.35 bits per heavy atom. The molecule has 3 rings (SSSR count). The summed E-state index contributed by atoms with van der Waals surface area (Å²) in [6, 6.07) is 7.77. The summed E-state index contributed by atoms with van der Waals surface area (Å²) in [6.45, 7) is 3.47. The smallest absolute Gasteiger partial charge is 0.288 e. The van der Waals surface area contributed by atoms with E-state index >= 15 is 0 Å². The second-order valence-electron chi connectivity index (χ2n) is 6.72. The number of halogens is 1. The van der Waals surface area contributed by atoms with Crippen molar-refractivity contribution in [2.24, 2.45) is 0 Å². The number of methoxy groups -OCH3 is 1. The molecule has 0 unspecified atom stereocenters. The van der Waals surface area contributed by atoms with Crippen LogP contribution < -0.4 is 15.0 Å². The van der Waals surface area contributed by atoms with Crippen LogP contribution in [0.2, 0.25) is 5.02 Å². The minimum atomic E-state index is -1.04. The average molecular weight is 446 g/mol. The van der Waals surface area contributed by atoms with Crippen molar-refractivity contribution in [2.75, 3.05) is 13.7 Å². The van der Waals surface area contributed by atoms with E-state index in [1.54, 1.807) is 12.1 Å². The summed E-state index contributed by atoms with van der Waals surface area (Å²) in [4.78, 5) is 27.2. The number of aliphatic hydroxyl groups is 1. The normalized spacial score (nSPS) is 11.8. The summed E-state index contributed by atoms with van der Waals surface area (Å²) in [5.74, 6) is 0.962. The van der Waals surface area contributed by atoms with Gasteiger partial charge < -0.3 is 14.6 Å². The molecule has 31 heavy (non-hydrogen) atoms. The molecule has 1 aromatic heterocycles. The van der Waals surface area contributed by atoms with E-state index in [4.69, 9.17) is 21.1 Å². The molecule has 9 nitrogen and oxygen atoms in total. The number of fused-ring (bicyclic) bond motifs is 1. The molecule has 0 amide bonds. The lowest BCUT2D eigenvalue weighted by molar-refractivity contribution is -0.384. The fraction of sp³-hybridized carbons (Fsp3) is 0.238. The number of aliphatic hydroxyl groups excluding tert-OH is 1. The Morgan fingerprint density at radius 3 is 2.81 bits per heavy atom. The molecule has 162 valence electrons. The van der Waals surface area contributed by atoms with Crippen LogP contribution in [0.1, 0.15) is 5.56 Å². The first-order valence-electron chi connectivity index (χ1n) is 9.25. The van der Waals surface area contributed by atoms with Crippen molar-refractivity contribution in [3.05, 3.63) is 80.4 Å². The van der Waals surface area contributed by atoms with Crippen LogP contribution in [0.4, 0.5) is 5.69 Å². The second-order valence-corrected chi connectivity index (χ2v) is 7.13. The van der Waals surface area contributed by atoms with Gasteiger partial charge in [-0.05, 0) is 30.2 Å². The van der Waals surface area contributed by atoms with Crippen molar-refractivity contribution in [2.45, 2.75) is 19.1 Å². The maximum atomic E-state index is 12.7. The molecule has 0 bridgehead atoms. The van der Waals surface area contributed by atoms with E-state index in [-0.39, 0.29) is 34.8 Å². The van der Waals surface area contributed by atoms with Gasteiger partial charge in [0.1, 0.15) is 17.7 Å². The van der Waals surface area contributed by atoms with Crippen LogP contribution in [0, 0.1) is 10.1 Å². The molecule has 0 aliphatic carbocycles. The Bertz CT molecular complexity index is 1190. The third-order valence-electron chi connectivity index (χ3n) is 4.54. The number of rotatable bonds is 9. The monoisotopic (exact) mass is 445 g/mol. The van der Waals surface area contributed by atoms with E-state index < -0.39 is 16.6 Å². The number of hydrogen-bond donors (Lipinski definition) is 1. The zero-order valence-corrected chi connectivity index (χ0v) is 17.4. The topological polar surface area (TPSA) is 117 Å². The highest BCUT2D eigenvalue weighted by atomic mass is 35.5. The van der Waals surface area contributed by atoms with E-state index in [0.29, 0.717) is 17.9 Å². The molecular weight excluding hydrogens is 426 g/mol. The van der Waals surface area contributed by atoms with E-state index in [1.165, 1.54) is 24.1 Å². The number of nitro groups is 1. The van der Waals surface area contributed by atoms with Crippen LogP contribution in [-0.4, -0.2) is 39.4 Å². The SMILES string of the molecule is C=CCc1ccc(OC[C@@H](O)Cn2cnc3cc(Cl)c([N+](=O)[O-])cc3c2=O)c(OC)c1. The summed E-state index contributed by atoms with van der Waals surface area (Å²) >= 11 is 5.86. The standard InChI is InChI=1S/C21H20ClN3O6/c1-3-4-13-5-6-19(20(7-13)30-2)31-11-14(26)10-24-12-23-17-9-16(22)18(25(28)29)8-15(17)21(24)27/h3,5-9,12,14,26H,1,4,10-11H2,2H3/t14-/m0/s1. The van der Waals surface area contributed by atoms with Gasteiger partial charge in [0, 0.05) is 6.07 Å². The van der Waals surface area contributed by atoms with Crippen molar-refractivity contribution in [3.63, 3.8) is 0 Å². The zero-order chi connectivity index (χ0) is 22.5. The van der Waals surface area contributed by atoms with Crippen molar-refractivity contribution in [1.82, 2.24) is 9.55 Å². The van der Waals surface area contributed by atoms with Crippen LogP contribution in [-0.2, 0) is 13.0 Å². The summed E-state index contributed by atoms with van der Waals surface area (Å²) in [6.07, 6.45) is 2.66. The van der Waals surface area contributed by atoms with Gasteiger partial charge >= 0.3 is 0 Å². The summed E-state index contributed by atoms with van der Waals surface area (Å²) in [5.41, 5.74) is 0.312. The molecular formula is C21H20ClN3O6. The van der Waals surface area contributed by atoms with Crippen molar-refractivity contribution >= 4 is 28.2 Å². The van der Waals surface area contributed by atoms with Gasteiger partial charge in [-0.2, -0.15) is 0 Å². The first-order chi connectivity index (χ1) is 14.8. The Balaban J connectivity index is 1.76. The lowest BCUT2D eigenvalue weighted by atomic mass is 10.1. The number of aromatic nitrogens is 2. The first kappa shape index (κ1) is 22.3. The van der Waals surface area contributed by atoms with Gasteiger partial charge in [0.15, 0.2) is 11.5 Å². The van der Waals surface area contributed by atoms with Gasteiger partial charge in [-0.3, -0.25) is 19.5 Å². The minimum Gasteiger partial charge on any atom is -0.493 e. The maximum absolute atomic E-state index is 12.7. The van der Waals surface area contributed by atoms with Crippen LogP contribution in [0.5, 0.6) is 11.5 Å². The molecule has 1 atom stereocenters. The van der Waals surface area contributed by atoms with Crippen LogP contribution in [0.25, 0.3) is 10.9 Å². The van der Waals surface area contributed by atoms with Gasteiger partial charge in [0.05, 0.1) is 35.8 Å². The molecule has 0 spiro atoms. The predicted molar refractivity (Wildman–Crippen MR) is 116 cm³/mol. The Kier molecular flexibility index (Phi) is 6.88. The molecule has 0 aliphatic heterocycles. The van der Waals surface area contributed by atoms with Crippen LogP contribution in [0.3, 0.4) is 0 Å². The maximum Gasteiger partial charge on any atom is 0.288 e. The summed E-state index contributed by atoms with van der Waals surface area (Å²) < 4.78 is 12.1. The fourth-order valence-electron chi connectivity index (χ4n) is 3.03. The molecule has 3 aromatic rings. The molecule has 0 aliphatic rings. The van der Waals surface area contributed by atoms with E-state index in [2.05, 4.69) is 11.6 Å². The summed E-state index contributed by atoms with van der Waals surface area (Å²) in [7, 11) is 1.52. The zero-order valence-electron chi connectivity index (χ0n) is 16.7. The predicted octanol–water partition coefficient (Wildman–Crippen LogP) is 3.14. The van der Waals surface area contributed by atoms with Gasteiger partial charge in [0.2, 0.25) is 0 Å². The van der Waals surface area contributed by atoms with E-state index in [1.807, 2.05) is 12.1 Å². The molecule has 1 N–H and O–H groups in total. The van der Waals surface area contributed by atoms with Crippen LogP contribution >= 0.6 is 11.6 Å². The highest BCUT2D eigenvalue weighted by Gasteiger charge is 2.18. The molecule has 0 radical (unpaired) electrons. The van der Waals surface area contributed by atoms with Crippen LogP contribution in [0.15, 0.2) is 54.1 Å². The third kappa shape index (κ3) is 5.01. The molecule has 1 heterocycles. The number of benzene rings is 2. The Hall–Kier alpha value is -3.43. The van der Waals surface area contributed by atoms with Crippen molar-refractivity contribution in [3.8, 4) is 11.5 Å². The van der Waals surface area contributed by atoms with Gasteiger partial charge in [-0.25, -0.2) is 4.98 Å². The fourth-order valence-corrected chi connectivity index (χ4v) is 3.26. The third-order valence-corrected chi connectivity index (χ3v) is 4.84. The number of allylic oxidation sites excluding steroid dienone is 1. The van der Waals surface area contributed by atoms with E-state index in [0.717, 1.165) is 11.6 Å². The quantitative estimate of drug-likeness (QED) is 0.305. The second kappa shape index (κ2) is 9.59. The van der Waals surface area contributed by atoms with Gasteiger partial charge in [-0.15, -0.1) is 6.58 Å². The number of ether oxygens (including phenoxy) is 2. The largest absolute Gasteiger partial charge is 0.493 e. The highest BCUT2D eigenvalue weighted by Crippen LogP contribution is 2.29. The van der Waals surface area contributed by atoms with Crippen molar-refractivity contribution in [1.29, 1.82) is 0 Å². The lowest BCUT2D eigenvalue weighted by Gasteiger charge is -2.16. The number of nitro benzene ring substituents is 1. The molecule has 0 fully saturated rings. The average Bonchev–Trinajstić information content (AvgIpc) is 2.74. The molecule has 2 aromatic carbocycles. The minimum absolute atomic E-state index is 0.0335. The Morgan fingerprint density at radius 2 is 2.13 bits per heavy atom. The van der Waals surface area contributed by atoms with Gasteiger partial charge in [-0.1, -0.05) is 23.7 Å². The van der Waals surface area contributed by atoms with E-state index in [9.17, 15) is 20.0 Å². The summed E-state index contributed by atoms with van der Waals surface area (Å²) in [5, 5.41) is 21.4. The number of hydrogen-bond acceptors (Lipinski definition) is 7. The lowest BCUT2D eigenvalue weighted by Crippen LogP contribution is -2.30. The number of nitrogens with zero attached hydrogens (tertiary/aromatic N) is 3. The highest BCUT2D eigenvalue weighted by molar-refractivity contribution is 6.33. The van der Waals surface area contributed by atoms with Gasteiger partial charge in [0.25, 0.3) is 11.2 Å².